The summed E-state index contributed by atoms with van der Waals surface area (Å²) < 4.78 is 5.71. The highest BCUT2D eigenvalue weighted by molar-refractivity contribution is 5.21. The minimum absolute atomic E-state index is 0.752. The Morgan fingerprint density at radius 2 is 2.38 bits per heavy atom. The minimum Gasteiger partial charge on any atom is -0.377 e. The van der Waals surface area contributed by atoms with Gasteiger partial charge in [0.1, 0.15) is 0 Å². The quantitative estimate of drug-likeness (QED) is 0.768. The third-order valence-corrected chi connectivity index (χ3v) is 3.18. The van der Waals surface area contributed by atoms with Crippen molar-refractivity contribution in [2.45, 2.75) is 26.4 Å². The summed E-state index contributed by atoms with van der Waals surface area (Å²) >= 11 is 0. The lowest BCUT2D eigenvalue weighted by molar-refractivity contribution is 0.109. The minimum atomic E-state index is 0.752. The predicted molar refractivity (Wildman–Crippen MR) is 66.4 cm³/mol. The molecule has 2 nitrogen and oxygen atoms in total. The summed E-state index contributed by atoms with van der Waals surface area (Å²) in [4.78, 5) is 0. The van der Waals surface area contributed by atoms with Gasteiger partial charge in [0.05, 0.1) is 6.61 Å². The second kappa shape index (κ2) is 6.02. The van der Waals surface area contributed by atoms with E-state index < -0.39 is 0 Å². The molecule has 16 heavy (non-hydrogen) atoms. The Morgan fingerprint density at radius 3 is 3.12 bits per heavy atom. The Balaban J connectivity index is 1.64. The molecule has 1 aromatic rings. The van der Waals surface area contributed by atoms with Crippen molar-refractivity contribution in [2.75, 3.05) is 19.7 Å². The molecular weight excluding hydrogens is 198 g/mol. The van der Waals surface area contributed by atoms with Crippen LogP contribution >= 0.6 is 0 Å². The normalized spacial score (nSPS) is 20.2. The van der Waals surface area contributed by atoms with E-state index in [2.05, 4.69) is 36.5 Å². The average molecular weight is 219 g/mol. The zero-order valence-corrected chi connectivity index (χ0v) is 10.0. The number of ether oxygens (including phenoxy) is 1. The number of nitrogens with one attached hydrogen (secondary N) is 1. The van der Waals surface area contributed by atoms with Gasteiger partial charge < -0.3 is 10.1 Å². The molecule has 0 radical (unpaired) electrons. The molecule has 2 rings (SSSR count). The maximum absolute atomic E-state index is 5.71. The molecule has 1 saturated heterocycles. The van der Waals surface area contributed by atoms with Crippen LogP contribution < -0.4 is 5.32 Å². The maximum Gasteiger partial charge on any atom is 0.0716 e. The van der Waals surface area contributed by atoms with E-state index in [1.54, 1.807) is 0 Å². The van der Waals surface area contributed by atoms with Crippen LogP contribution in [-0.4, -0.2) is 19.7 Å². The van der Waals surface area contributed by atoms with Gasteiger partial charge in [-0.15, -0.1) is 0 Å². The molecule has 1 unspecified atom stereocenters. The van der Waals surface area contributed by atoms with E-state index in [1.165, 1.54) is 37.1 Å². The number of rotatable bonds is 5. The predicted octanol–water partition coefficient (Wildman–Crippen LogP) is 2.51. The average Bonchev–Trinajstić information content (AvgIpc) is 2.77. The van der Waals surface area contributed by atoms with Gasteiger partial charge in [0.25, 0.3) is 0 Å². The zero-order valence-electron chi connectivity index (χ0n) is 10.0. The fourth-order valence-corrected chi connectivity index (χ4v) is 2.20. The first kappa shape index (κ1) is 11.6. The van der Waals surface area contributed by atoms with Gasteiger partial charge in [-0.2, -0.15) is 0 Å². The summed E-state index contributed by atoms with van der Waals surface area (Å²) in [6.45, 7) is 6.12. The molecule has 0 amide bonds. The molecule has 1 aliphatic heterocycles. The van der Waals surface area contributed by atoms with Gasteiger partial charge in [-0.1, -0.05) is 29.8 Å². The van der Waals surface area contributed by atoms with Gasteiger partial charge in [-0.05, 0) is 44.3 Å². The molecule has 1 atom stereocenters. The van der Waals surface area contributed by atoms with Crippen LogP contribution in [0.4, 0.5) is 0 Å². The molecule has 1 N–H and O–H groups in total. The third-order valence-electron chi connectivity index (χ3n) is 3.18. The van der Waals surface area contributed by atoms with Crippen LogP contribution in [0.1, 0.15) is 24.0 Å². The molecule has 0 aromatic heterocycles. The fourth-order valence-electron chi connectivity index (χ4n) is 2.20. The lowest BCUT2D eigenvalue weighted by Crippen LogP contribution is -2.10. The largest absolute Gasteiger partial charge is 0.377 e. The molecular formula is C14H21NO. The van der Waals surface area contributed by atoms with Crippen molar-refractivity contribution in [3.63, 3.8) is 0 Å². The molecule has 1 aliphatic rings. The van der Waals surface area contributed by atoms with Crippen molar-refractivity contribution >= 4 is 0 Å². The monoisotopic (exact) mass is 219 g/mol. The lowest BCUT2D eigenvalue weighted by Gasteiger charge is -2.09. The van der Waals surface area contributed by atoms with Gasteiger partial charge in [0, 0.05) is 6.61 Å². The van der Waals surface area contributed by atoms with Crippen LogP contribution in [0.3, 0.4) is 0 Å². The Bertz CT molecular complexity index is 318. The SMILES string of the molecule is Cc1cccc(COCCC2CCNC2)c1. The molecule has 88 valence electrons. The first-order valence-electron chi connectivity index (χ1n) is 6.18. The summed E-state index contributed by atoms with van der Waals surface area (Å²) in [5.74, 6) is 0.831. The van der Waals surface area contributed by atoms with E-state index in [9.17, 15) is 0 Å². The van der Waals surface area contributed by atoms with E-state index in [4.69, 9.17) is 4.74 Å². The summed E-state index contributed by atoms with van der Waals surface area (Å²) in [5.41, 5.74) is 2.59. The topological polar surface area (TPSA) is 21.3 Å². The van der Waals surface area contributed by atoms with Crippen molar-refractivity contribution in [2.24, 2.45) is 5.92 Å². The molecule has 0 spiro atoms. The van der Waals surface area contributed by atoms with Crippen LogP contribution in [0.25, 0.3) is 0 Å². The van der Waals surface area contributed by atoms with Gasteiger partial charge in [0.15, 0.2) is 0 Å². The summed E-state index contributed by atoms with van der Waals surface area (Å²) in [5, 5.41) is 3.38. The van der Waals surface area contributed by atoms with Crippen molar-refractivity contribution in [3.05, 3.63) is 35.4 Å². The highest BCUT2D eigenvalue weighted by Crippen LogP contribution is 2.12. The van der Waals surface area contributed by atoms with E-state index >= 15 is 0 Å². The van der Waals surface area contributed by atoms with Gasteiger partial charge in [-0.25, -0.2) is 0 Å². The summed E-state index contributed by atoms with van der Waals surface area (Å²) in [6.07, 6.45) is 2.51. The lowest BCUT2D eigenvalue weighted by atomic mass is 10.1. The van der Waals surface area contributed by atoms with Gasteiger partial charge >= 0.3 is 0 Å². The number of aryl methyl sites for hydroxylation is 1. The molecule has 2 heteroatoms. The van der Waals surface area contributed by atoms with Crippen molar-refractivity contribution < 1.29 is 4.74 Å². The van der Waals surface area contributed by atoms with Gasteiger partial charge in [-0.3, -0.25) is 0 Å². The zero-order chi connectivity index (χ0) is 11.2. The summed E-state index contributed by atoms with van der Waals surface area (Å²) in [6, 6.07) is 8.53. The second-order valence-electron chi connectivity index (χ2n) is 4.69. The highest BCUT2D eigenvalue weighted by atomic mass is 16.5. The van der Waals surface area contributed by atoms with Crippen LogP contribution in [0.5, 0.6) is 0 Å². The molecule has 0 aliphatic carbocycles. The van der Waals surface area contributed by atoms with Crippen molar-refractivity contribution in [3.8, 4) is 0 Å². The van der Waals surface area contributed by atoms with Crippen molar-refractivity contribution in [1.29, 1.82) is 0 Å². The maximum atomic E-state index is 5.71. The highest BCUT2D eigenvalue weighted by Gasteiger charge is 2.13. The Labute approximate surface area is 98.0 Å². The smallest absolute Gasteiger partial charge is 0.0716 e. The van der Waals surface area contributed by atoms with E-state index in [0.717, 1.165) is 19.1 Å². The summed E-state index contributed by atoms with van der Waals surface area (Å²) in [7, 11) is 0. The number of hydrogen-bond acceptors (Lipinski definition) is 2. The molecule has 1 fully saturated rings. The van der Waals surface area contributed by atoms with E-state index in [-0.39, 0.29) is 0 Å². The third kappa shape index (κ3) is 3.62. The molecule has 0 bridgehead atoms. The molecule has 0 saturated carbocycles. The van der Waals surface area contributed by atoms with Crippen LogP contribution in [0.15, 0.2) is 24.3 Å². The number of benzene rings is 1. The van der Waals surface area contributed by atoms with Crippen molar-refractivity contribution in [1.82, 2.24) is 5.32 Å². The molecule has 1 aromatic carbocycles. The standard InChI is InChI=1S/C14H21NO/c1-12-3-2-4-14(9-12)11-16-8-6-13-5-7-15-10-13/h2-4,9,13,15H,5-8,10-11H2,1H3. The van der Waals surface area contributed by atoms with Crippen LogP contribution in [-0.2, 0) is 11.3 Å². The molecule has 1 heterocycles. The Hall–Kier alpha value is -0.860. The first-order valence-corrected chi connectivity index (χ1v) is 6.18. The van der Waals surface area contributed by atoms with E-state index in [1.807, 2.05) is 0 Å². The van der Waals surface area contributed by atoms with Gasteiger partial charge in [0.2, 0.25) is 0 Å². The van der Waals surface area contributed by atoms with Crippen LogP contribution in [0.2, 0.25) is 0 Å². The number of hydrogen-bond donors (Lipinski definition) is 1. The van der Waals surface area contributed by atoms with Crippen LogP contribution in [0, 0.1) is 12.8 Å². The Morgan fingerprint density at radius 1 is 1.44 bits per heavy atom. The fraction of sp³-hybridized carbons (Fsp3) is 0.571. The first-order chi connectivity index (χ1) is 7.84. The Kier molecular flexibility index (Phi) is 4.37. The second-order valence-corrected chi connectivity index (χ2v) is 4.69. The van der Waals surface area contributed by atoms with E-state index in [0.29, 0.717) is 0 Å².